The first-order valence-corrected chi connectivity index (χ1v) is 8.94. The molecule has 0 saturated heterocycles. The Bertz CT molecular complexity index is 1070. The predicted molar refractivity (Wildman–Crippen MR) is 105 cm³/mol. The van der Waals surface area contributed by atoms with Crippen LogP contribution in [-0.4, -0.2) is 28.1 Å². The van der Waals surface area contributed by atoms with Gasteiger partial charge in [-0.15, -0.1) is 0 Å². The molecule has 3 aromatic rings. The summed E-state index contributed by atoms with van der Waals surface area (Å²) in [6, 6.07) is 11.0. The van der Waals surface area contributed by atoms with Crippen molar-refractivity contribution >= 4 is 51.2 Å². The van der Waals surface area contributed by atoms with Gasteiger partial charge in [0.15, 0.2) is 5.88 Å². The van der Waals surface area contributed by atoms with Crippen molar-refractivity contribution in [1.29, 1.82) is 0 Å². The summed E-state index contributed by atoms with van der Waals surface area (Å²) in [4.78, 5) is 13.0. The monoisotopic (exact) mass is 387 g/mol. The van der Waals surface area contributed by atoms with Gasteiger partial charge in [-0.1, -0.05) is 53.5 Å². The third-order valence-corrected chi connectivity index (χ3v) is 4.85. The van der Waals surface area contributed by atoms with Crippen molar-refractivity contribution in [2.24, 2.45) is 10.1 Å². The van der Waals surface area contributed by atoms with Gasteiger partial charge in [-0.3, -0.25) is 0 Å². The SMILES string of the molecule is CCCON=C1C(c2c(O)[nH]c3cc(Cl)c(Cl)cc23)=Nc2ccccc21. The largest absolute Gasteiger partial charge is 0.494 e. The summed E-state index contributed by atoms with van der Waals surface area (Å²) in [5.41, 5.74) is 3.93. The lowest BCUT2D eigenvalue weighted by Crippen LogP contribution is -2.13. The molecule has 0 atom stereocenters. The van der Waals surface area contributed by atoms with Crippen LogP contribution in [0.15, 0.2) is 46.5 Å². The number of nitrogens with one attached hydrogen (secondary N) is 1. The molecule has 4 rings (SSSR count). The van der Waals surface area contributed by atoms with Crippen LogP contribution in [0.3, 0.4) is 0 Å². The van der Waals surface area contributed by atoms with Gasteiger partial charge in [-0.25, -0.2) is 4.99 Å². The maximum absolute atomic E-state index is 10.5. The number of aromatic nitrogens is 1. The molecular formula is C19H15Cl2N3O2. The number of oxime groups is 1. The molecule has 0 radical (unpaired) electrons. The maximum Gasteiger partial charge on any atom is 0.199 e. The Morgan fingerprint density at radius 1 is 1.19 bits per heavy atom. The van der Waals surface area contributed by atoms with E-state index >= 15 is 0 Å². The van der Waals surface area contributed by atoms with Crippen molar-refractivity contribution < 1.29 is 9.94 Å². The first kappa shape index (κ1) is 16.9. The highest BCUT2D eigenvalue weighted by Crippen LogP contribution is 2.38. The van der Waals surface area contributed by atoms with E-state index in [1.165, 1.54) is 0 Å². The van der Waals surface area contributed by atoms with Crippen LogP contribution in [0.1, 0.15) is 24.5 Å². The van der Waals surface area contributed by atoms with Crippen LogP contribution in [0.2, 0.25) is 10.0 Å². The van der Waals surface area contributed by atoms with Gasteiger partial charge in [0.25, 0.3) is 0 Å². The number of nitrogens with zero attached hydrogens (tertiary/aromatic N) is 2. The predicted octanol–water partition coefficient (Wildman–Crippen LogP) is 5.45. The van der Waals surface area contributed by atoms with Gasteiger partial charge in [0, 0.05) is 10.9 Å². The van der Waals surface area contributed by atoms with Crippen LogP contribution in [0.5, 0.6) is 5.88 Å². The Balaban J connectivity index is 1.92. The molecule has 1 aliphatic heterocycles. The Morgan fingerprint density at radius 3 is 2.77 bits per heavy atom. The molecule has 7 heteroatoms. The number of benzene rings is 2. The Hall–Kier alpha value is -2.50. The van der Waals surface area contributed by atoms with Gasteiger partial charge in [0.2, 0.25) is 0 Å². The van der Waals surface area contributed by atoms with E-state index in [-0.39, 0.29) is 5.88 Å². The zero-order valence-corrected chi connectivity index (χ0v) is 15.4. The summed E-state index contributed by atoms with van der Waals surface area (Å²) in [6.07, 6.45) is 0.845. The molecule has 1 aliphatic rings. The van der Waals surface area contributed by atoms with Crippen LogP contribution in [0, 0.1) is 0 Å². The number of aromatic amines is 1. The average molecular weight is 388 g/mol. The molecule has 2 aromatic carbocycles. The van der Waals surface area contributed by atoms with Crippen LogP contribution in [0.4, 0.5) is 5.69 Å². The van der Waals surface area contributed by atoms with Crippen molar-refractivity contribution in [3.8, 4) is 5.88 Å². The number of para-hydroxylation sites is 1. The smallest absolute Gasteiger partial charge is 0.199 e. The number of halogens is 2. The number of H-pyrrole nitrogens is 1. The fourth-order valence-corrected chi connectivity index (χ4v) is 3.28. The van der Waals surface area contributed by atoms with Crippen LogP contribution in [0.25, 0.3) is 10.9 Å². The quantitative estimate of drug-likeness (QED) is 0.461. The van der Waals surface area contributed by atoms with Gasteiger partial charge in [0.05, 0.1) is 26.8 Å². The van der Waals surface area contributed by atoms with Crippen molar-refractivity contribution in [2.75, 3.05) is 6.61 Å². The second-order valence-electron chi connectivity index (χ2n) is 5.91. The molecule has 0 aliphatic carbocycles. The zero-order valence-electron chi connectivity index (χ0n) is 13.9. The van der Waals surface area contributed by atoms with E-state index in [2.05, 4.69) is 15.1 Å². The molecule has 0 spiro atoms. The van der Waals surface area contributed by atoms with E-state index in [1.54, 1.807) is 12.1 Å². The fourth-order valence-electron chi connectivity index (χ4n) is 2.95. The van der Waals surface area contributed by atoms with Gasteiger partial charge in [-0.2, -0.15) is 0 Å². The third-order valence-electron chi connectivity index (χ3n) is 4.12. The molecule has 0 unspecified atom stereocenters. The number of hydrogen-bond donors (Lipinski definition) is 2. The van der Waals surface area contributed by atoms with Gasteiger partial charge in [0.1, 0.15) is 18.0 Å². The van der Waals surface area contributed by atoms with E-state index in [0.717, 1.165) is 17.7 Å². The molecule has 2 N–H and O–H groups in total. The molecule has 2 heterocycles. The Labute approximate surface area is 159 Å². The molecule has 26 heavy (non-hydrogen) atoms. The summed E-state index contributed by atoms with van der Waals surface area (Å²) in [5, 5.41) is 16.3. The summed E-state index contributed by atoms with van der Waals surface area (Å²) in [7, 11) is 0. The highest BCUT2D eigenvalue weighted by molar-refractivity contribution is 6.58. The highest BCUT2D eigenvalue weighted by Gasteiger charge is 2.29. The molecule has 0 amide bonds. The average Bonchev–Trinajstić information content (AvgIpc) is 3.12. The fraction of sp³-hybridized carbons (Fsp3) is 0.158. The van der Waals surface area contributed by atoms with Crippen LogP contribution in [-0.2, 0) is 4.84 Å². The first-order chi connectivity index (χ1) is 12.6. The second kappa shape index (κ2) is 6.67. The summed E-state index contributed by atoms with van der Waals surface area (Å²) >= 11 is 12.3. The lowest BCUT2D eigenvalue weighted by Gasteiger charge is -2.05. The minimum absolute atomic E-state index is 0.0203. The van der Waals surface area contributed by atoms with E-state index in [1.807, 2.05) is 31.2 Å². The number of aliphatic imine (C=N–C) groups is 1. The van der Waals surface area contributed by atoms with Crippen molar-refractivity contribution in [2.45, 2.75) is 13.3 Å². The summed E-state index contributed by atoms with van der Waals surface area (Å²) in [5.74, 6) is -0.0203. The maximum atomic E-state index is 10.5. The van der Waals surface area contributed by atoms with Crippen LogP contribution < -0.4 is 0 Å². The molecule has 0 fully saturated rings. The first-order valence-electron chi connectivity index (χ1n) is 8.18. The number of aromatic hydroxyl groups is 1. The van der Waals surface area contributed by atoms with Gasteiger partial charge >= 0.3 is 0 Å². The van der Waals surface area contributed by atoms with E-state index < -0.39 is 0 Å². The van der Waals surface area contributed by atoms with Crippen molar-refractivity contribution in [3.05, 3.63) is 57.6 Å². The van der Waals surface area contributed by atoms with Gasteiger partial charge < -0.3 is 14.9 Å². The van der Waals surface area contributed by atoms with Crippen molar-refractivity contribution in [3.63, 3.8) is 0 Å². The van der Waals surface area contributed by atoms with E-state index in [4.69, 9.17) is 28.0 Å². The van der Waals surface area contributed by atoms with E-state index in [0.29, 0.717) is 44.5 Å². The summed E-state index contributed by atoms with van der Waals surface area (Å²) < 4.78 is 0. The normalized spacial score (nSPS) is 14.7. The number of fused-ring (bicyclic) bond motifs is 2. The summed E-state index contributed by atoms with van der Waals surface area (Å²) in [6.45, 7) is 2.51. The molecule has 0 saturated carbocycles. The van der Waals surface area contributed by atoms with Crippen molar-refractivity contribution in [1.82, 2.24) is 4.98 Å². The second-order valence-corrected chi connectivity index (χ2v) is 6.73. The van der Waals surface area contributed by atoms with E-state index in [9.17, 15) is 5.11 Å². The topological polar surface area (TPSA) is 70.0 Å². The lowest BCUT2D eigenvalue weighted by molar-refractivity contribution is 0.146. The standard InChI is InChI=1S/C19H15Cl2N3O2/c1-2-7-26-24-17-10-5-3-4-6-14(10)22-18(17)16-11-8-12(20)13(21)9-15(11)23-19(16)25/h3-6,8-9,23,25H,2,7H2,1H3. The minimum atomic E-state index is -0.0203. The number of hydrogen-bond acceptors (Lipinski definition) is 4. The lowest BCUT2D eigenvalue weighted by atomic mass is 10.0. The third kappa shape index (κ3) is 2.73. The highest BCUT2D eigenvalue weighted by atomic mass is 35.5. The molecule has 132 valence electrons. The Morgan fingerprint density at radius 2 is 1.96 bits per heavy atom. The van der Waals surface area contributed by atoms with Crippen LogP contribution >= 0.6 is 23.2 Å². The molecule has 0 bridgehead atoms. The molecule has 1 aromatic heterocycles. The molecular weight excluding hydrogens is 373 g/mol. The minimum Gasteiger partial charge on any atom is -0.494 e. The molecule has 5 nitrogen and oxygen atoms in total. The zero-order chi connectivity index (χ0) is 18.3. The van der Waals surface area contributed by atoms with Gasteiger partial charge in [-0.05, 0) is 24.6 Å². The number of rotatable bonds is 4. The Kier molecular flexibility index (Phi) is 4.34.